The summed E-state index contributed by atoms with van der Waals surface area (Å²) >= 11 is 7.27. The highest BCUT2D eigenvalue weighted by molar-refractivity contribution is 7.90. The van der Waals surface area contributed by atoms with Gasteiger partial charge in [-0.1, -0.05) is 29.0 Å². The smallest absolute Gasteiger partial charge is 0.323 e. The van der Waals surface area contributed by atoms with Gasteiger partial charge in [0.2, 0.25) is 5.91 Å². The van der Waals surface area contributed by atoms with Crippen LogP contribution in [0.5, 0.6) is 0 Å². The molecule has 10 nitrogen and oxygen atoms in total. The molecule has 0 aliphatic heterocycles. The quantitative estimate of drug-likeness (QED) is 0.232. The highest BCUT2D eigenvalue weighted by Gasteiger charge is 2.26. The SMILES string of the molecule is Cc1nc(NC(=O)CCCN[C@@H](CCC(=O)O)C(=O)OC2CCCC2)sc1-c1ccc(Cl)c(S(C)(=O)=O)c1. The summed E-state index contributed by atoms with van der Waals surface area (Å²) in [5.41, 5.74) is 1.27. The van der Waals surface area contributed by atoms with Crippen LogP contribution in [-0.4, -0.2) is 61.3 Å². The van der Waals surface area contributed by atoms with Gasteiger partial charge in [0, 0.05) is 19.1 Å². The van der Waals surface area contributed by atoms with Crippen molar-refractivity contribution in [3.8, 4) is 10.4 Å². The summed E-state index contributed by atoms with van der Waals surface area (Å²) in [7, 11) is -3.51. The van der Waals surface area contributed by atoms with E-state index in [1.165, 1.54) is 23.5 Å². The van der Waals surface area contributed by atoms with Gasteiger partial charge in [-0.15, -0.1) is 0 Å². The number of benzene rings is 1. The van der Waals surface area contributed by atoms with Crippen molar-refractivity contribution in [1.29, 1.82) is 0 Å². The summed E-state index contributed by atoms with van der Waals surface area (Å²) in [5.74, 6) is -1.71. The van der Waals surface area contributed by atoms with Crippen molar-refractivity contribution in [1.82, 2.24) is 10.3 Å². The highest BCUT2D eigenvalue weighted by atomic mass is 35.5. The van der Waals surface area contributed by atoms with Gasteiger partial charge in [-0.05, 0) is 69.7 Å². The van der Waals surface area contributed by atoms with E-state index < -0.39 is 27.8 Å². The number of esters is 1. The number of aryl methyl sites for hydroxylation is 1. The number of anilines is 1. The molecule has 1 aromatic heterocycles. The number of carboxylic acid groups (broad SMARTS) is 1. The number of hydrogen-bond acceptors (Lipinski definition) is 9. The lowest BCUT2D eigenvalue weighted by Crippen LogP contribution is -2.40. The number of ether oxygens (including phenoxy) is 1. The predicted octanol–water partition coefficient (Wildman–Crippen LogP) is 4.20. The summed E-state index contributed by atoms with van der Waals surface area (Å²) in [6.45, 7) is 2.10. The summed E-state index contributed by atoms with van der Waals surface area (Å²) in [6, 6.07) is 3.97. The van der Waals surface area contributed by atoms with Crippen molar-refractivity contribution >= 4 is 55.8 Å². The summed E-state index contributed by atoms with van der Waals surface area (Å²) < 4.78 is 29.5. The number of carbonyl (C=O) groups is 3. The first kappa shape index (κ1) is 30.0. The van der Waals surface area contributed by atoms with E-state index in [4.69, 9.17) is 21.4 Å². The first-order valence-corrected chi connectivity index (χ1v) is 15.5. The van der Waals surface area contributed by atoms with Crippen LogP contribution >= 0.6 is 22.9 Å². The van der Waals surface area contributed by atoms with Crippen LogP contribution in [0.1, 0.15) is 57.1 Å². The van der Waals surface area contributed by atoms with E-state index in [1.807, 2.05) is 0 Å². The van der Waals surface area contributed by atoms with Crippen LogP contribution in [0.15, 0.2) is 23.1 Å². The molecule has 1 aliphatic rings. The molecular formula is C25H32ClN3O7S2. The van der Waals surface area contributed by atoms with Crippen molar-refractivity contribution in [2.75, 3.05) is 18.1 Å². The number of aromatic nitrogens is 1. The Hall–Kier alpha value is -2.54. The third-order valence-electron chi connectivity index (χ3n) is 6.12. The lowest BCUT2D eigenvalue weighted by Gasteiger charge is -2.19. The van der Waals surface area contributed by atoms with Crippen LogP contribution < -0.4 is 10.6 Å². The molecule has 1 heterocycles. The molecule has 0 saturated heterocycles. The van der Waals surface area contributed by atoms with Gasteiger partial charge in [0.05, 0.1) is 20.5 Å². The average Bonchev–Trinajstić information content (AvgIpc) is 3.47. The van der Waals surface area contributed by atoms with E-state index in [1.54, 1.807) is 13.0 Å². The summed E-state index contributed by atoms with van der Waals surface area (Å²) in [4.78, 5) is 41.1. The van der Waals surface area contributed by atoms with E-state index in [-0.39, 0.29) is 41.2 Å². The molecule has 1 aliphatic carbocycles. The third kappa shape index (κ3) is 8.75. The molecule has 1 fully saturated rings. The van der Waals surface area contributed by atoms with Crippen LogP contribution in [0.3, 0.4) is 0 Å². The molecule has 2 aromatic rings. The van der Waals surface area contributed by atoms with Gasteiger partial charge in [-0.3, -0.25) is 14.4 Å². The van der Waals surface area contributed by atoms with Gasteiger partial charge in [0.15, 0.2) is 15.0 Å². The van der Waals surface area contributed by atoms with E-state index >= 15 is 0 Å². The fourth-order valence-corrected chi connectivity index (χ4v) is 6.46. The van der Waals surface area contributed by atoms with Gasteiger partial charge >= 0.3 is 11.9 Å². The number of amides is 1. The second-order valence-corrected chi connectivity index (χ2v) is 12.7. The molecular weight excluding hydrogens is 554 g/mol. The van der Waals surface area contributed by atoms with Gasteiger partial charge in [-0.25, -0.2) is 13.4 Å². The number of nitrogens with zero attached hydrogens (tertiary/aromatic N) is 1. The van der Waals surface area contributed by atoms with Gasteiger partial charge in [0.25, 0.3) is 0 Å². The number of carbonyl (C=O) groups excluding carboxylic acids is 2. The van der Waals surface area contributed by atoms with E-state index in [2.05, 4.69) is 15.6 Å². The first-order valence-electron chi connectivity index (χ1n) is 12.4. The monoisotopic (exact) mass is 585 g/mol. The number of halogens is 1. The van der Waals surface area contributed by atoms with Gasteiger partial charge in [-0.2, -0.15) is 0 Å². The zero-order chi connectivity index (χ0) is 27.9. The van der Waals surface area contributed by atoms with Crippen LogP contribution in [0.25, 0.3) is 10.4 Å². The molecule has 1 amide bonds. The molecule has 38 heavy (non-hydrogen) atoms. The second-order valence-electron chi connectivity index (χ2n) is 9.29. The minimum atomic E-state index is -3.51. The Morgan fingerprint density at radius 2 is 1.95 bits per heavy atom. The largest absolute Gasteiger partial charge is 0.481 e. The average molecular weight is 586 g/mol. The summed E-state index contributed by atoms with van der Waals surface area (Å²) in [5, 5.41) is 15.3. The highest BCUT2D eigenvalue weighted by Crippen LogP contribution is 2.35. The predicted molar refractivity (Wildman–Crippen MR) is 145 cm³/mol. The lowest BCUT2D eigenvalue weighted by atomic mass is 10.1. The van der Waals surface area contributed by atoms with Crippen LogP contribution in [-0.2, 0) is 29.0 Å². The van der Waals surface area contributed by atoms with E-state index in [0.29, 0.717) is 34.2 Å². The maximum absolute atomic E-state index is 12.5. The van der Waals surface area contributed by atoms with Gasteiger partial charge < -0.3 is 20.5 Å². The number of sulfone groups is 1. The van der Waals surface area contributed by atoms with Gasteiger partial charge in [0.1, 0.15) is 12.1 Å². The van der Waals surface area contributed by atoms with Crippen LogP contribution in [0, 0.1) is 6.92 Å². The Balaban J connectivity index is 1.53. The standard InChI is InChI=1S/C25H32ClN3O7S2/c1-15-23(16-9-10-18(26)20(14-16)38(2,34)35)37-25(28-15)29-21(30)8-5-13-27-19(11-12-22(31)32)24(33)36-17-6-3-4-7-17/h9-10,14,17,19,27H,3-8,11-13H2,1-2H3,(H,31,32)(H,28,29,30)/t19-/m0/s1. The number of nitrogens with one attached hydrogen (secondary N) is 2. The second kappa shape index (κ2) is 13.5. The fraction of sp³-hybridized carbons (Fsp3) is 0.520. The van der Waals surface area contributed by atoms with Crippen molar-refractivity contribution in [2.24, 2.45) is 0 Å². The van der Waals surface area contributed by atoms with Crippen LogP contribution in [0.4, 0.5) is 5.13 Å². The van der Waals surface area contributed by atoms with E-state index in [9.17, 15) is 22.8 Å². The minimum Gasteiger partial charge on any atom is -0.481 e. The molecule has 208 valence electrons. The molecule has 0 radical (unpaired) electrons. The number of rotatable bonds is 13. The Morgan fingerprint density at radius 1 is 1.24 bits per heavy atom. The molecule has 0 bridgehead atoms. The maximum atomic E-state index is 12.5. The molecule has 3 N–H and O–H groups in total. The van der Waals surface area contributed by atoms with Crippen molar-refractivity contribution in [2.45, 2.75) is 75.3 Å². The van der Waals surface area contributed by atoms with E-state index in [0.717, 1.165) is 31.9 Å². The molecule has 13 heteroatoms. The van der Waals surface area contributed by atoms with Crippen molar-refractivity contribution in [3.63, 3.8) is 0 Å². The van der Waals surface area contributed by atoms with Crippen LogP contribution in [0.2, 0.25) is 5.02 Å². The molecule has 1 atom stereocenters. The zero-order valence-corrected chi connectivity index (χ0v) is 23.7. The third-order valence-corrected chi connectivity index (χ3v) is 8.82. The molecule has 0 unspecified atom stereocenters. The molecule has 3 rings (SSSR count). The maximum Gasteiger partial charge on any atom is 0.323 e. The number of thiazole rings is 1. The first-order chi connectivity index (χ1) is 17.9. The fourth-order valence-electron chi connectivity index (χ4n) is 4.18. The zero-order valence-electron chi connectivity index (χ0n) is 21.3. The Morgan fingerprint density at radius 3 is 2.61 bits per heavy atom. The Bertz CT molecular complexity index is 1270. The van der Waals surface area contributed by atoms with Crippen molar-refractivity contribution in [3.05, 3.63) is 28.9 Å². The molecule has 1 saturated carbocycles. The normalized spacial score (nSPS) is 14.8. The Kier molecular flexibility index (Phi) is 10.7. The van der Waals surface area contributed by atoms with Crippen molar-refractivity contribution < 1.29 is 32.6 Å². The number of carboxylic acids is 1. The number of hydrogen-bond donors (Lipinski definition) is 3. The Labute approximate surface area is 231 Å². The topological polar surface area (TPSA) is 152 Å². The minimum absolute atomic E-state index is 0.0244. The summed E-state index contributed by atoms with van der Waals surface area (Å²) in [6.07, 6.45) is 5.18. The molecule has 1 aromatic carbocycles. The molecule has 0 spiro atoms. The number of aliphatic carboxylic acids is 1. The lowest BCUT2D eigenvalue weighted by molar-refractivity contribution is -0.151.